The first-order valence-electron chi connectivity index (χ1n) is 14.4. The van der Waals surface area contributed by atoms with E-state index in [2.05, 4.69) is 20.8 Å². The average molecular weight is 608 g/mol. The summed E-state index contributed by atoms with van der Waals surface area (Å²) in [6.45, 7) is 6.82. The summed E-state index contributed by atoms with van der Waals surface area (Å²) in [6.07, 6.45) is 0.976. The molecular formula is C26H38FN9O5S. The highest BCUT2D eigenvalue weighted by molar-refractivity contribution is 8.03. The summed E-state index contributed by atoms with van der Waals surface area (Å²) in [5.74, 6) is -2.48. The molecule has 4 N–H and O–H groups in total. The Morgan fingerprint density at radius 1 is 1.26 bits per heavy atom. The number of fused-ring (bicyclic) bond motifs is 1. The molecule has 0 saturated carbocycles. The number of halogens is 1. The number of nitrogens with two attached hydrogens (primary N) is 1. The van der Waals surface area contributed by atoms with E-state index in [9.17, 15) is 28.7 Å². The number of aliphatic carboxylic acids is 1. The molecule has 0 unspecified atom stereocenters. The van der Waals surface area contributed by atoms with E-state index in [-0.39, 0.29) is 78.5 Å². The van der Waals surface area contributed by atoms with Crippen LogP contribution in [-0.2, 0) is 25.7 Å². The third-order valence-corrected chi connectivity index (χ3v) is 10.3. The number of aromatic nitrogens is 4. The van der Waals surface area contributed by atoms with Crippen molar-refractivity contribution in [1.29, 1.82) is 0 Å². The molecular weight excluding hydrogens is 569 g/mol. The number of ketones is 1. The Balaban J connectivity index is 1.17. The van der Waals surface area contributed by atoms with Gasteiger partial charge in [0.1, 0.15) is 24.7 Å². The number of carboxylic acid groups (broad SMARTS) is 1. The minimum Gasteiger partial charge on any atom is -0.477 e. The molecule has 1 aromatic heterocycles. The van der Waals surface area contributed by atoms with Crippen molar-refractivity contribution < 1.29 is 28.7 Å². The van der Waals surface area contributed by atoms with Gasteiger partial charge in [0, 0.05) is 68.3 Å². The Morgan fingerprint density at radius 2 is 2.00 bits per heavy atom. The van der Waals surface area contributed by atoms with E-state index in [4.69, 9.17) is 5.73 Å². The number of carboxylic acids is 1. The van der Waals surface area contributed by atoms with Crippen LogP contribution in [-0.4, -0.2) is 133 Å². The Morgan fingerprint density at radius 3 is 2.64 bits per heavy atom. The molecule has 230 valence electrons. The van der Waals surface area contributed by atoms with Gasteiger partial charge in [0.2, 0.25) is 11.8 Å². The summed E-state index contributed by atoms with van der Waals surface area (Å²) in [6, 6.07) is -0.705. The standard InChI is InChI=1S/C26H38FN9O5S/c1-14(7-17(37)12-35-13-30-31-32-35)20-21-15(2)23(22(26(40)41)36(21)25(20)39)42-18-8-19(29-10-18)24(38)34-5-3-33(4-6-34)11-16(27)9-28/h13-16,18-21,29H,3-12,28H2,1-2H3,(H,40,41)/t14-,15+,16-,18-,19-,20+,21+/m0/s1. The molecule has 16 heteroatoms. The topological polar surface area (TPSA) is 180 Å². The lowest BCUT2D eigenvalue weighted by molar-refractivity contribution is -0.160. The number of rotatable bonds is 12. The van der Waals surface area contributed by atoms with Crippen molar-refractivity contribution in [2.24, 2.45) is 23.5 Å². The number of nitrogens with one attached hydrogen (secondary N) is 1. The van der Waals surface area contributed by atoms with Crippen molar-refractivity contribution in [3.05, 3.63) is 16.9 Å². The SMILES string of the molecule is C[C@@H](CC(=O)Cn1cnnn1)[C@H]1C(=O)N2C(C(=O)O)=C(S[C@@H]3CN[C@H](C(=O)N4CCN(C[C@@H](F)CN)CC4)C3)[C@H](C)[C@H]12. The van der Waals surface area contributed by atoms with E-state index < -0.39 is 18.1 Å². The first-order valence-corrected chi connectivity index (χ1v) is 15.2. The largest absolute Gasteiger partial charge is 0.477 e. The van der Waals surface area contributed by atoms with E-state index >= 15 is 0 Å². The molecule has 7 atom stereocenters. The summed E-state index contributed by atoms with van der Waals surface area (Å²) < 4.78 is 15.0. The molecule has 2 amide bonds. The van der Waals surface area contributed by atoms with Gasteiger partial charge >= 0.3 is 5.97 Å². The van der Waals surface area contributed by atoms with E-state index in [0.29, 0.717) is 44.0 Å². The van der Waals surface area contributed by atoms with E-state index in [1.54, 1.807) is 4.90 Å². The first-order chi connectivity index (χ1) is 20.1. The third kappa shape index (κ3) is 6.07. The molecule has 4 aliphatic rings. The molecule has 4 aliphatic heterocycles. The molecule has 42 heavy (non-hydrogen) atoms. The van der Waals surface area contributed by atoms with Crippen LogP contribution in [0.2, 0.25) is 0 Å². The van der Waals surface area contributed by atoms with Crippen LogP contribution in [0.3, 0.4) is 0 Å². The van der Waals surface area contributed by atoms with Gasteiger partial charge in [-0.05, 0) is 22.8 Å². The summed E-state index contributed by atoms with van der Waals surface area (Å²) in [4.78, 5) is 57.2. The molecule has 0 aromatic carbocycles. The summed E-state index contributed by atoms with van der Waals surface area (Å²) in [5, 5.41) is 24.1. The molecule has 14 nitrogen and oxygen atoms in total. The second-order valence-corrected chi connectivity index (χ2v) is 13.0. The number of thioether (sulfide) groups is 1. The van der Waals surface area contributed by atoms with Gasteiger partial charge in [-0.15, -0.1) is 16.9 Å². The highest BCUT2D eigenvalue weighted by atomic mass is 32.2. The van der Waals surface area contributed by atoms with Gasteiger partial charge in [-0.1, -0.05) is 13.8 Å². The molecule has 3 saturated heterocycles. The zero-order valence-electron chi connectivity index (χ0n) is 23.8. The predicted octanol–water partition coefficient (Wildman–Crippen LogP) is -1.05. The third-order valence-electron chi connectivity index (χ3n) is 8.76. The Labute approximate surface area is 247 Å². The molecule has 5 rings (SSSR count). The predicted molar refractivity (Wildman–Crippen MR) is 149 cm³/mol. The molecule has 0 spiro atoms. The van der Waals surface area contributed by atoms with Gasteiger partial charge < -0.3 is 26.0 Å². The zero-order chi connectivity index (χ0) is 30.1. The number of β-lactam (4-membered cyclic amide) rings is 1. The van der Waals surface area contributed by atoms with E-state index in [1.165, 1.54) is 27.7 Å². The molecule has 5 heterocycles. The Kier molecular flexibility index (Phi) is 9.25. The van der Waals surface area contributed by atoms with Crippen LogP contribution >= 0.6 is 11.8 Å². The van der Waals surface area contributed by atoms with Crippen molar-refractivity contribution in [2.45, 2.75) is 56.7 Å². The number of carbonyl (C=O) groups is 4. The number of tetrazole rings is 1. The summed E-state index contributed by atoms with van der Waals surface area (Å²) in [7, 11) is 0. The van der Waals surface area contributed by atoms with Crippen molar-refractivity contribution in [2.75, 3.05) is 45.8 Å². The molecule has 0 radical (unpaired) electrons. The lowest BCUT2D eigenvalue weighted by Crippen LogP contribution is -2.62. The van der Waals surface area contributed by atoms with Crippen molar-refractivity contribution in [3.8, 4) is 0 Å². The minimum absolute atomic E-state index is 0.000455. The van der Waals surface area contributed by atoms with Crippen molar-refractivity contribution >= 4 is 35.3 Å². The van der Waals surface area contributed by atoms with Gasteiger partial charge in [-0.3, -0.25) is 19.3 Å². The quantitative estimate of drug-likeness (QED) is 0.246. The number of nitrogens with zero attached hydrogens (tertiary/aromatic N) is 7. The zero-order valence-corrected chi connectivity index (χ0v) is 24.6. The van der Waals surface area contributed by atoms with Crippen LogP contribution in [0.15, 0.2) is 16.9 Å². The number of piperazine rings is 1. The normalized spacial score (nSPS) is 29.4. The van der Waals surface area contributed by atoms with Crippen molar-refractivity contribution in [1.82, 2.24) is 40.2 Å². The molecule has 0 bridgehead atoms. The number of hydrogen-bond acceptors (Lipinski definition) is 11. The Hall–Kier alpha value is -2.95. The Bertz CT molecular complexity index is 1220. The van der Waals surface area contributed by atoms with Crippen molar-refractivity contribution in [3.63, 3.8) is 0 Å². The number of hydrogen-bond donors (Lipinski definition) is 3. The highest BCUT2D eigenvalue weighted by Gasteiger charge is 2.60. The van der Waals surface area contributed by atoms with Crippen LogP contribution in [0.1, 0.15) is 26.7 Å². The monoisotopic (exact) mass is 607 g/mol. The van der Waals surface area contributed by atoms with Gasteiger partial charge in [0.25, 0.3) is 0 Å². The molecule has 1 aromatic rings. The second kappa shape index (κ2) is 12.7. The van der Waals surface area contributed by atoms with E-state index in [1.807, 2.05) is 18.7 Å². The van der Waals surface area contributed by atoms with Gasteiger partial charge in [0.05, 0.1) is 18.0 Å². The summed E-state index contributed by atoms with van der Waals surface area (Å²) >= 11 is 1.43. The fraction of sp³-hybridized carbons (Fsp3) is 0.731. The maximum absolute atomic E-state index is 13.6. The average Bonchev–Trinajstić information content (AvgIpc) is 3.69. The summed E-state index contributed by atoms with van der Waals surface area (Å²) in [5.41, 5.74) is 5.40. The van der Waals surface area contributed by atoms with Gasteiger partial charge in [-0.25, -0.2) is 13.9 Å². The lowest BCUT2D eigenvalue weighted by Gasteiger charge is -2.47. The maximum Gasteiger partial charge on any atom is 0.353 e. The maximum atomic E-state index is 13.6. The van der Waals surface area contributed by atoms with Gasteiger partial charge in [0.15, 0.2) is 5.78 Å². The van der Waals surface area contributed by atoms with E-state index in [0.717, 1.165) is 0 Å². The molecule has 0 aliphatic carbocycles. The van der Waals surface area contributed by atoms with Gasteiger partial charge in [-0.2, -0.15) is 0 Å². The second-order valence-electron chi connectivity index (χ2n) is 11.7. The fourth-order valence-electron chi connectivity index (χ4n) is 6.64. The minimum atomic E-state index is -1.15. The number of Topliss-reactive ketones (excluding diaryl/α,β-unsaturated/α-hetero) is 1. The number of amides is 2. The number of alkyl halides is 1. The lowest BCUT2D eigenvalue weighted by atomic mass is 9.73. The smallest absolute Gasteiger partial charge is 0.353 e. The number of carbonyl (C=O) groups excluding carboxylic acids is 3. The molecule has 3 fully saturated rings. The van der Waals surface area contributed by atoms with Crippen LogP contribution in [0.25, 0.3) is 0 Å². The highest BCUT2D eigenvalue weighted by Crippen LogP contribution is 2.53. The van der Waals surface area contributed by atoms with Crippen LogP contribution < -0.4 is 11.1 Å². The van der Waals surface area contributed by atoms with Crippen LogP contribution in [0.4, 0.5) is 4.39 Å². The first kappa shape index (κ1) is 30.5. The van der Waals surface area contributed by atoms with Crippen LogP contribution in [0.5, 0.6) is 0 Å². The van der Waals surface area contributed by atoms with Crippen LogP contribution in [0, 0.1) is 17.8 Å². The fourth-order valence-corrected chi connectivity index (χ4v) is 8.12.